The SMILES string of the molecule is Clc1ccc(COC(Cn2ccnc2)c2ccc(Cl)cc2Cl)c(Cl)c1.Clc1ccccc1C(c1ccccc1)(c1ccccc1)n1ccnc1.O=[N+]([O-])O. The molecule has 9 nitrogen and oxygen atoms in total. The summed E-state index contributed by atoms with van der Waals surface area (Å²) < 4.78 is 10.2. The summed E-state index contributed by atoms with van der Waals surface area (Å²) in [6, 6.07) is 39.5. The highest BCUT2D eigenvalue weighted by Crippen LogP contribution is 2.43. The molecule has 0 bridgehead atoms. The van der Waals surface area contributed by atoms with Gasteiger partial charge in [-0.2, -0.15) is 0 Å². The Labute approximate surface area is 337 Å². The van der Waals surface area contributed by atoms with Gasteiger partial charge in [-0.05, 0) is 47.0 Å². The van der Waals surface area contributed by atoms with Crippen molar-refractivity contribution >= 4 is 58.0 Å². The number of hydrogen-bond acceptors (Lipinski definition) is 5. The van der Waals surface area contributed by atoms with Crippen LogP contribution < -0.4 is 0 Å². The number of rotatable bonds is 10. The Morgan fingerprint density at radius 2 is 1.26 bits per heavy atom. The molecule has 0 aliphatic heterocycles. The van der Waals surface area contributed by atoms with Gasteiger partial charge in [0, 0.05) is 61.0 Å². The van der Waals surface area contributed by atoms with Crippen molar-refractivity contribution in [3.8, 4) is 0 Å². The lowest BCUT2D eigenvalue weighted by Gasteiger charge is -2.37. The number of halogens is 5. The maximum Gasteiger partial charge on any atom is 0.291 e. The van der Waals surface area contributed by atoms with Crippen LogP contribution in [0.2, 0.25) is 25.1 Å². The summed E-state index contributed by atoms with van der Waals surface area (Å²) in [6.07, 6.45) is 10.7. The van der Waals surface area contributed by atoms with Gasteiger partial charge in [-0.15, -0.1) is 10.1 Å². The predicted molar refractivity (Wildman–Crippen MR) is 213 cm³/mol. The van der Waals surface area contributed by atoms with Gasteiger partial charge in [-0.3, -0.25) is 0 Å². The topological polar surface area (TPSA) is 108 Å². The number of benzene rings is 5. The van der Waals surface area contributed by atoms with Crippen LogP contribution in [0.3, 0.4) is 0 Å². The van der Waals surface area contributed by atoms with Crippen LogP contribution >= 0.6 is 58.0 Å². The predicted octanol–water partition coefficient (Wildman–Crippen LogP) is 11.5. The second-order valence-electron chi connectivity index (χ2n) is 11.6. The molecule has 0 spiro atoms. The zero-order chi connectivity index (χ0) is 38.5. The maximum absolute atomic E-state index is 8.36. The molecule has 1 atom stereocenters. The largest absolute Gasteiger partial charge is 0.367 e. The second-order valence-corrected chi connectivity index (χ2v) is 13.7. The number of nitrogens with zero attached hydrogens (tertiary/aromatic N) is 5. The fourth-order valence-electron chi connectivity index (χ4n) is 5.90. The summed E-state index contributed by atoms with van der Waals surface area (Å²) in [5.41, 5.74) is 4.40. The van der Waals surface area contributed by atoms with Gasteiger partial charge in [0.2, 0.25) is 0 Å². The molecule has 2 heterocycles. The fourth-order valence-corrected chi connectivity index (χ4v) is 7.17. The lowest BCUT2D eigenvalue weighted by molar-refractivity contribution is -0.742. The van der Waals surface area contributed by atoms with E-state index in [1.54, 1.807) is 43.0 Å². The van der Waals surface area contributed by atoms with E-state index < -0.39 is 10.6 Å². The van der Waals surface area contributed by atoms with E-state index in [4.69, 9.17) is 78.1 Å². The Kier molecular flexibility index (Phi) is 14.5. The molecule has 0 saturated heterocycles. The van der Waals surface area contributed by atoms with Gasteiger partial charge in [0.15, 0.2) is 0 Å². The quantitative estimate of drug-likeness (QED) is 0.0836. The minimum Gasteiger partial charge on any atom is -0.367 e. The average molecular weight is 824 g/mol. The van der Waals surface area contributed by atoms with E-state index in [1.165, 1.54) is 0 Å². The van der Waals surface area contributed by atoms with Gasteiger partial charge in [0.1, 0.15) is 11.6 Å². The molecule has 276 valence electrons. The molecule has 1 unspecified atom stereocenters. The molecule has 54 heavy (non-hydrogen) atoms. The summed E-state index contributed by atoms with van der Waals surface area (Å²) >= 11 is 31.2. The molecule has 7 aromatic rings. The zero-order valence-corrected chi connectivity index (χ0v) is 32.1. The van der Waals surface area contributed by atoms with Crippen LogP contribution in [0.4, 0.5) is 0 Å². The number of hydrogen-bond donors (Lipinski definition) is 1. The second kappa shape index (κ2) is 19.5. The van der Waals surface area contributed by atoms with Crippen molar-refractivity contribution in [1.82, 2.24) is 19.1 Å². The van der Waals surface area contributed by atoms with Gasteiger partial charge < -0.3 is 19.1 Å². The molecule has 0 saturated carbocycles. The average Bonchev–Trinajstić information content (AvgIpc) is 3.89. The molecule has 5 aromatic carbocycles. The Morgan fingerprint density at radius 1 is 0.704 bits per heavy atom. The standard InChI is InChI=1S/C22H17ClN2.C18H14Cl4N2O.HNO3/c23-21-14-8-7-13-20(21)22(25-16-15-24-17-25,18-9-3-1-4-10-18)19-11-5-2-6-12-19;19-13-2-1-12(16(21)7-13)10-25-18(9-24-6-5-23-11-24)15-4-3-14(20)8-17(15)22;2-1(3)4/h1-17H;1-8,11,18H,9-10H2;(H,2,3,4). The third kappa shape index (κ3) is 10.2. The van der Waals surface area contributed by atoms with Crippen molar-refractivity contribution in [3.05, 3.63) is 222 Å². The van der Waals surface area contributed by atoms with Gasteiger partial charge in [0.05, 0.1) is 25.8 Å². The van der Waals surface area contributed by atoms with Crippen molar-refractivity contribution < 1.29 is 15.0 Å². The molecule has 0 radical (unpaired) electrons. The van der Waals surface area contributed by atoms with Crippen LogP contribution in [-0.4, -0.2) is 29.4 Å². The normalized spacial score (nSPS) is 11.4. The molecule has 0 amide bonds. The van der Waals surface area contributed by atoms with Crippen LogP contribution in [0.5, 0.6) is 0 Å². The Balaban J connectivity index is 0.000000189. The number of ether oxygens (including phenoxy) is 1. The van der Waals surface area contributed by atoms with Gasteiger partial charge in [-0.25, -0.2) is 9.97 Å². The zero-order valence-electron chi connectivity index (χ0n) is 28.3. The first-order chi connectivity index (χ1) is 26.1. The Morgan fingerprint density at radius 3 is 1.80 bits per heavy atom. The third-order valence-electron chi connectivity index (χ3n) is 8.24. The van der Waals surface area contributed by atoms with Crippen LogP contribution in [0, 0.1) is 10.1 Å². The van der Waals surface area contributed by atoms with Crippen molar-refractivity contribution in [2.24, 2.45) is 0 Å². The third-order valence-corrected chi connectivity index (χ3v) is 9.72. The summed E-state index contributed by atoms with van der Waals surface area (Å²) in [5.74, 6) is 0. The van der Waals surface area contributed by atoms with E-state index in [2.05, 4.69) is 69.1 Å². The van der Waals surface area contributed by atoms with Crippen molar-refractivity contribution in [3.63, 3.8) is 0 Å². The molecule has 2 aromatic heterocycles. The van der Waals surface area contributed by atoms with E-state index in [9.17, 15) is 0 Å². The lowest BCUT2D eigenvalue weighted by Crippen LogP contribution is -2.37. The fraction of sp³-hybridized carbons (Fsp3) is 0.100. The monoisotopic (exact) mass is 821 g/mol. The minimum absolute atomic E-state index is 0.286. The lowest BCUT2D eigenvalue weighted by atomic mass is 9.76. The number of aromatic nitrogens is 4. The van der Waals surface area contributed by atoms with E-state index in [1.807, 2.05) is 65.8 Å². The first kappa shape index (κ1) is 40.3. The van der Waals surface area contributed by atoms with Crippen LogP contribution in [0.15, 0.2) is 159 Å². The Bertz CT molecular complexity index is 2180. The van der Waals surface area contributed by atoms with E-state index in [0.717, 1.165) is 32.8 Å². The Hall–Kier alpha value is -4.87. The van der Waals surface area contributed by atoms with Crippen molar-refractivity contribution in [2.75, 3.05) is 0 Å². The van der Waals surface area contributed by atoms with Crippen LogP contribution in [0.1, 0.15) is 33.9 Å². The molecule has 7 rings (SSSR count). The highest BCUT2D eigenvalue weighted by atomic mass is 35.5. The first-order valence-electron chi connectivity index (χ1n) is 16.2. The van der Waals surface area contributed by atoms with Gasteiger partial charge in [-0.1, -0.05) is 149 Å². The maximum atomic E-state index is 8.36. The molecule has 1 N–H and O–H groups in total. The van der Waals surface area contributed by atoms with Crippen LogP contribution in [-0.2, 0) is 23.4 Å². The molecule has 0 aliphatic carbocycles. The first-order valence-corrected chi connectivity index (χ1v) is 18.1. The number of imidazole rings is 2. The minimum atomic E-state index is -1.50. The highest BCUT2D eigenvalue weighted by Gasteiger charge is 2.39. The van der Waals surface area contributed by atoms with E-state index in [0.29, 0.717) is 33.2 Å². The van der Waals surface area contributed by atoms with Crippen molar-refractivity contribution in [2.45, 2.75) is 24.8 Å². The highest BCUT2D eigenvalue weighted by molar-refractivity contribution is 6.35. The van der Waals surface area contributed by atoms with E-state index in [-0.39, 0.29) is 6.10 Å². The summed E-state index contributed by atoms with van der Waals surface area (Å²) in [4.78, 5) is 16.7. The summed E-state index contributed by atoms with van der Waals surface area (Å²) in [5, 5.41) is 16.7. The molecule has 14 heteroatoms. The summed E-state index contributed by atoms with van der Waals surface area (Å²) in [6.45, 7) is 0.890. The van der Waals surface area contributed by atoms with Crippen molar-refractivity contribution in [1.29, 1.82) is 0 Å². The molecular formula is C40H32Cl5N5O4. The molecule has 0 fully saturated rings. The van der Waals surface area contributed by atoms with Gasteiger partial charge >= 0.3 is 0 Å². The molecule has 0 aliphatic rings. The molecular weight excluding hydrogens is 792 g/mol. The van der Waals surface area contributed by atoms with Crippen LogP contribution in [0.25, 0.3) is 0 Å². The van der Waals surface area contributed by atoms with Gasteiger partial charge in [0.25, 0.3) is 5.09 Å². The van der Waals surface area contributed by atoms with E-state index >= 15 is 0 Å². The smallest absolute Gasteiger partial charge is 0.291 e. The summed E-state index contributed by atoms with van der Waals surface area (Å²) in [7, 11) is 0.